The number of hydrogen-bond donors (Lipinski definition) is 1. The van der Waals surface area contributed by atoms with Gasteiger partial charge in [-0.15, -0.1) is 0 Å². The Kier molecular flexibility index (Phi) is 7.22. The Morgan fingerprint density at radius 3 is 2.23 bits per heavy atom. The van der Waals surface area contributed by atoms with Crippen LogP contribution in [0.3, 0.4) is 0 Å². The van der Waals surface area contributed by atoms with Crippen LogP contribution in [0.15, 0.2) is 48.5 Å². The first kappa shape index (κ1) is 21.4. The van der Waals surface area contributed by atoms with Gasteiger partial charge in [0.1, 0.15) is 0 Å². The molecule has 6 heteroatoms. The molecule has 0 bridgehead atoms. The number of carbonyl (C=O) groups excluding carboxylic acids is 1. The number of hydrogen-bond acceptors (Lipinski definition) is 6. The molecule has 2 unspecified atom stereocenters. The zero-order valence-corrected chi connectivity index (χ0v) is 17.6. The summed E-state index contributed by atoms with van der Waals surface area (Å²) in [6, 6.07) is 12.7. The predicted molar refractivity (Wildman–Crippen MR) is 119 cm³/mol. The molecule has 2 atom stereocenters. The van der Waals surface area contributed by atoms with Crippen LogP contribution in [0.4, 0.5) is 5.69 Å². The van der Waals surface area contributed by atoms with E-state index in [1.165, 1.54) is 6.08 Å². The molecular formula is C25H29NO5. The quantitative estimate of drug-likeness (QED) is 0.385. The van der Waals surface area contributed by atoms with E-state index in [0.717, 1.165) is 44.1 Å². The summed E-state index contributed by atoms with van der Waals surface area (Å²) >= 11 is 0. The molecule has 4 rings (SSSR count). The molecule has 2 heterocycles. The van der Waals surface area contributed by atoms with Crippen LogP contribution in [0.25, 0.3) is 6.08 Å². The SMILES string of the molecule is Nc1ccccc1C(=O)/C=C/c1ccc(OC2CCCCO2)c(OC2CCCCO2)c1. The van der Waals surface area contributed by atoms with Crippen molar-refractivity contribution in [3.8, 4) is 11.5 Å². The molecule has 2 aliphatic heterocycles. The molecule has 0 radical (unpaired) electrons. The Bertz CT molecular complexity index is 914. The molecule has 2 aromatic rings. The second-order valence-corrected chi connectivity index (χ2v) is 7.82. The summed E-state index contributed by atoms with van der Waals surface area (Å²) in [7, 11) is 0. The molecule has 2 saturated heterocycles. The lowest BCUT2D eigenvalue weighted by Crippen LogP contribution is -2.27. The van der Waals surface area contributed by atoms with E-state index in [9.17, 15) is 4.79 Å². The van der Waals surface area contributed by atoms with E-state index in [-0.39, 0.29) is 18.4 Å². The number of nitrogens with two attached hydrogens (primary N) is 1. The van der Waals surface area contributed by atoms with Gasteiger partial charge in [0.25, 0.3) is 0 Å². The number of benzene rings is 2. The van der Waals surface area contributed by atoms with Crippen molar-refractivity contribution in [1.82, 2.24) is 0 Å². The average Bonchev–Trinajstić information content (AvgIpc) is 2.80. The van der Waals surface area contributed by atoms with E-state index >= 15 is 0 Å². The van der Waals surface area contributed by atoms with Crippen LogP contribution in [0.2, 0.25) is 0 Å². The molecular weight excluding hydrogens is 394 g/mol. The lowest BCUT2D eigenvalue weighted by molar-refractivity contribution is -0.119. The number of ether oxygens (including phenoxy) is 4. The summed E-state index contributed by atoms with van der Waals surface area (Å²) < 4.78 is 23.7. The van der Waals surface area contributed by atoms with Crippen molar-refractivity contribution in [2.45, 2.75) is 51.1 Å². The van der Waals surface area contributed by atoms with Crippen LogP contribution in [0.1, 0.15) is 54.4 Å². The lowest BCUT2D eigenvalue weighted by atomic mass is 10.1. The first-order valence-electron chi connectivity index (χ1n) is 11.0. The van der Waals surface area contributed by atoms with E-state index in [2.05, 4.69) is 0 Å². The van der Waals surface area contributed by atoms with Crippen molar-refractivity contribution >= 4 is 17.5 Å². The number of ketones is 1. The summed E-state index contributed by atoms with van der Waals surface area (Å²) in [6.45, 7) is 1.40. The van der Waals surface area contributed by atoms with Gasteiger partial charge in [-0.3, -0.25) is 4.79 Å². The maximum Gasteiger partial charge on any atom is 0.200 e. The highest BCUT2D eigenvalue weighted by Crippen LogP contribution is 2.33. The van der Waals surface area contributed by atoms with Crippen molar-refractivity contribution in [3.05, 3.63) is 59.7 Å². The van der Waals surface area contributed by atoms with Crippen molar-refractivity contribution in [2.24, 2.45) is 0 Å². The molecule has 0 aliphatic carbocycles. The van der Waals surface area contributed by atoms with E-state index in [0.29, 0.717) is 36.0 Å². The minimum atomic E-state index is -0.298. The fraction of sp³-hybridized carbons (Fsp3) is 0.400. The standard InChI is InChI=1S/C25H29NO5/c26-20-8-2-1-7-19(20)21(27)13-11-18-12-14-22(30-24-9-3-5-15-28-24)23(17-18)31-25-10-4-6-16-29-25/h1-2,7-8,11-14,17,24-25H,3-6,9-10,15-16,26H2/b13-11+. The van der Waals surface area contributed by atoms with Crippen LogP contribution in [-0.4, -0.2) is 31.6 Å². The van der Waals surface area contributed by atoms with Crippen molar-refractivity contribution < 1.29 is 23.7 Å². The van der Waals surface area contributed by atoms with Crippen molar-refractivity contribution in [1.29, 1.82) is 0 Å². The molecule has 164 valence electrons. The zero-order chi connectivity index (χ0) is 21.5. The fourth-order valence-electron chi connectivity index (χ4n) is 3.69. The molecule has 2 aromatic carbocycles. The second kappa shape index (κ2) is 10.5. The van der Waals surface area contributed by atoms with Gasteiger partial charge in [0, 0.05) is 24.1 Å². The van der Waals surface area contributed by atoms with E-state index in [4.69, 9.17) is 24.7 Å². The lowest BCUT2D eigenvalue weighted by Gasteiger charge is -2.27. The number of nitrogen functional groups attached to an aromatic ring is 1. The van der Waals surface area contributed by atoms with Gasteiger partial charge in [0.15, 0.2) is 29.9 Å². The molecule has 0 spiro atoms. The van der Waals surface area contributed by atoms with Crippen LogP contribution in [0.5, 0.6) is 11.5 Å². The van der Waals surface area contributed by atoms with Crippen molar-refractivity contribution in [3.63, 3.8) is 0 Å². The highest BCUT2D eigenvalue weighted by atomic mass is 16.7. The molecule has 0 aromatic heterocycles. The van der Waals surface area contributed by atoms with E-state index in [1.807, 2.05) is 24.3 Å². The molecule has 2 N–H and O–H groups in total. The molecule has 2 aliphatic rings. The van der Waals surface area contributed by atoms with Gasteiger partial charge in [-0.25, -0.2) is 0 Å². The number of para-hydroxylation sites is 1. The third-order valence-electron chi connectivity index (χ3n) is 5.41. The van der Waals surface area contributed by atoms with Crippen LogP contribution < -0.4 is 15.2 Å². The Morgan fingerprint density at radius 2 is 1.58 bits per heavy atom. The van der Waals surface area contributed by atoms with Gasteiger partial charge in [-0.05, 0) is 61.6 Å². The van der Waals surface area contributed by atoms with Gasteiger partial charge < -0.3 is 24.7 Å². The summed E-state index contributed by atoms with van der Waals surface area (Å²) in [4.78, 5) is 12.5. The number of allylic oxidation sites excluding steroid dienone is 1. The maximum atomic E-state index is 12.5. The smallest absolute Gasteiger partial charge is 0.200 e. The molecule has 0 saturated carbocycles. The number of carbonyl (C=O) groups is 1. The topological polar surface area (TPSA) is 80.0 Å². The minimum absolute atomic E-state index is 0.146. The molecule has 2 fully saturated rings. The Balaban J connectivity index is 1.52. The highest BCUT2D eigenvalue weighted by Gasteiger charge is 2.21. The zero-order valence-electron chi connectivity index (χ0n) is 17.6. The number of anilines is 1. The van der Waals surface area contributed by atoms with Gasteiger partial charge in [-0.2, -0.15) is 0 Å². The fourth-order valence-corrected chi connectivity index (χ4v) is 3.69. The van der Waals surface area contributed by atoms with Gasteiger partial charge in [0.05, 0.1) is 13.2 Å². The molecule has 31 heavy (non-hydrogen) atoms. The minimum Gasteiger partial charge on any atom is -0.461 e. The van der Waals surface area contributed by atoms with Crippen molar-refractivity contribution in [2.75, 3.05) is 18.9 Å². The van der Waals surface area contributed by atoms with Crippen LogP contribution in [-0.2, 0) is 9.47 Å². The van der Waals surface area contributed by atoms with E-state index in [1.54, 1.807) is 24.3 Å². The summed E-state index contributed by atoms with van der Waals surface area (Å²) in [6.07, 6.45) is 8.66. The summed E-state index contributed by atoms with van der Waals surface area (Å²) in [5.74, 6) is 1.07. The van der Waals surface area contributed by atoms with Gasteiger partial charge in [0.2, 0.25) is 0 Å². The summed E-state index contributed by atoms with van der Waals surface area (Å²) in [5, 5.41) is 0. The Labute approximate surface area is 182 Å². The predicted octanol–water partition coefficient (Wildman–Crippen LogP) is 4.98. The average molecular weight is 424 g/mol. The molecule has 6 nitrogen and oxygen atoms in total. The third-order valence-corrected chi connectivity index (χ3v) is 5.41. The first-order valence-corrected chi connectivity index (χ1v) is 11.0. The van der Waals surface area contributed by atoms with Crippen LogP contribution in [0, 0.1) is 0 Å². The largest absolute Gasteiger partial charge is 0.461 e. The monoisotopic (exact) mass is 423 g/mol. The molecule has 0 amide bonds. The normalized spacial score (nSPS) is 21.7. The van der Waals surface area contributed by atoms with E-state index < -0.39 is 0 Å². The highest BCUT2D eigenvalue weighted by molar-refractivity contribution is 6.10. The summed E-state index contributed by atoms with van der Waals surface area (Å²) in [5.41, 5.74) is 7.69. The maximum absolute atomic E-state index is 12.5. The Hall–Kier alpha value is -2.83. The third kappa shape index (κ3) is 5.87. The number of rotatable bonds is 7. The van der Waals surface area contributed by atoms with Gasteiger partial charge in [-0.1, -0.05) is 24.3 Å². The van der Waals surface area contributed by atoms with Crippen LogP contribution >= 0.6 is 0 Å². The van der Waals surface area contributed by atoms with Gasteiger partial charge >= 0.3 is 0 Å². The first-order chi connectivity index (χ1) is 15.2. The Morgan fingerprint density at radius 1 is 0.903 bits per heavy atom. The second-order valence-electron chi connectivity index (χ2n) is 7.82.